The topological polar surface area (TPSA) is 8.17 Å². The average Bonchev–Trinajstić information content (AvgIpc) is 3.50. The predicted octanol–water partition coefficient (Wildman–Crippen LogP) is 12.7. The Balaban J connectivity index is 1.08. The Morgan fingerprint density at radius 1 is 0.333 bits per heavy atom. The van der Waals surface area contributed by atoms with Gasteiger partial charge in [0.1, 0.15) is 0 Å². The van der Waals surface area contributed by atoms with Gasteiger partial charge in [0.15, 0.2) is 0 Å². The molecule has 0 fully saturated rings. The first-order valence-electron chi connectivity index (χ1n) is 16.4. The van der Waals surface area contributed by atoms with Crippen LogP contribution in [-0.2, 0) is 0 Å². The fourth-order valence-electron chi connectivity index (χ4n) is 7.15. The van der Waals surface area contributed by atoms with Crippen LogP contribution in [0.1, 0.15) is 0 Å². The second kappa shape index (κ2) is 11.8. The Morgan fingerprint density at radius 2 is 0.833 bits per heavy atom. The van der Waals surface area contributed by atoms with Gasteiger partial charge in [0, 0.05) is 33.1 Å². The van der Waals surface area contributed by atoms with Crippen molar-refractivity contribution < 1.29 is 0 Å². The number of nitrogens with zero attached hydrogens (tertiary/aromatic N) is 2. The Kier molecular flexibility index (Phi) is 6.84. The first-order valence-corrected chi connectivity index (χ1v) is 16.4. The number of aromatic nitrogens is 1. The van der Waals surface area contributed by atoms with Crippen molar-refractivity contribution in [2.75, 3.05) is 4.90 Å². The molecule has 0 aliphatic rings. The third-order valence-corrected chi connectivity index (χ3v) is 9.40. The summed E-state index contributed by atoms with van der Waals surface area (Å²) in [6, 6.07) is 69.8. The molecule has 0 amide bonds. The molecular weight excluding hydrogens is 581 g/mol. The minimum atomic E-state index is 1.12. The van der Waals surface area contributed by atoms with Crippen LogP contribution in [0, 0.1) is 0 Å². The van der Waals surface area contributed by atoms with Crippen LogP contribution in [0.3, 0.4) is 0 Å². The van der Waals surface area contributed by atoms with Crippen molar-refractivity contribution in [2.45, 2.75) is 0 Å². The molecule has 0 spiro atoms. The van der Waals surface area contributed by atoms with Gasteiger partial charge < -0.3 is 9.47 Å². The van der Waals surface area contributed by atoms with E-state index in [1.54, 1.807) is 0 Å². The summed E-state index contributed by atoms with van der Waals surface area (Å²) in [5.74, 6) is 0. The zero-order valence-electron chi connectivity index (χ0n) is 26.4. The van der Waals surface area contributed by atoms with E-state index in [-0.39, 0.29) is 0 Å². The second-order valence-corrected chi connectivity index (χ2v) is 12.2. The number of hydrogen-bond donors (Lipinski definition) is 0. The predicted molar refractivity (Wildman–Crippen MR) is 204 cm³/mol. The fraction of sp³-hybridized carbons (Fsp3) is 0. The summed E-state index contributed by atoms with van der Waals surface area (Å²) in [6.07, 6.45) is 0. The molecule has 9 rings (SSSR count). The van der Waals surface area contributed by atoms with Gasteiger partial charge in [0.25, 0.3) is 0 Å². The molecule has 0 bridgehead atoms. The number of benzene rings is 8. The number of para-hydroxylation sites is 4. The Morgan fingerprint density at radius 3 is 1.54 bits per heavy atom. The Hall–Kier alpha value is -6.38. The Bertz CT molecular complexity index is 2480. The lowest BCUT2D eigenvalue weighted by molar-refractivity contribution is 1.18. The highest BCUT2D eigenvalue weighted by Crippen LogP contribution is 2.40. The number of hydrogen-bond acceptors (Lipinski definition) is 1. The van der Waals surface area contributed by atoms with Crippen LogP contribution >= 0.6 is 0 Å². The smallest absolute Gasteiger partial charge is 0.0541 e. The van der Waals surface area contributed by atoms with Crippen LogP contribution in [-0.4, -0.2) is 4.57 Å². The maximum absolute atomic E-state index is 2.40. The largest absolute Gasteiger partial charge is 0.310 e. The molecule has 0 aliphatic heterocycles. The third kappa shape index (κ3) is 4.74. The lowest BCUT2D eigenvalue weighted by atomic mass is 9.98. The molecule has 1 heterocycles. The van der Waals surface area contributed by atoms with E-state index < -0.39 is 0 Å². The molecule has 2 nitrogen and oxygen atoms in total. The molecule has 2 heteroatoms. The van der Waals surface area contributed by atoms with Crippen LogP contribution in [0.4, 0.5) is 17.1 Å². The van der Waals surface area contributed by atoms with Crippen LogP contribution in [0.2, 0.25) is 0 Å². The summed E-state index contributed by atoms with van der Waals surface area (Å²) in [5.41, 5.74) is 11.8. The summed E-state index contributed by atoms with van der Waals surface area (Å²) in [4.78, 5) is 2.35. The molecule has 0 saturated carbocycles. The Labute approximate surface area is 280 Å². The minimum Gasteiger partial charge on any atom is -0.310 e. The lowest BCUT2D eigenvalue weighted by Crippen LogP contribution is -2.10. The molecule has 0 unspecified atom stereocenters. The SMILES string of the molecule is c1ccc(N(c2ccc(-c3ccc(-c4ccccc4-n4c5ccccc5c5ccccc54)cc3)cc2)c2cccc3ccccc23)cc1. The standard InChI is InChI=1S/C46H32N2/c1-2-15-37(16-3-1)47(43-24-12-14-35-13-4-5-17-39(35)43)38-31-29-34(30-32-38)33-25-27-36(28-26-33)40-18-6-9-21-44(40)48-45-22-10-7-19-41(45)42-20-8-11-23-46(42)48/h1-32H. The van der Waals surface area contributed by atoms with Crippen molar-refractivity contribution in [3.05, 3.63) is 194 Å². The molecular formula is C46H32N2. The molecule has 48 heavy (non-hydrogen) atoms. The summed E-state index contributed by atoms with van der Waals surface area (Å²) in [5, 5.41) is 5.00. The number of anilines is 3. The highest BCUT2D eigenvalue weighted by Gasteiger charge is 2.17. The zero-order chi connectivity index (χ0) is 31.9. The average molecular weight is 613 g/mol. The summed E-state index contributed by atoms with van der Waals surface area (Å²) >= 11 is 0. The van der Waals surface area contributed by atoms with Crippen LogP contribution in [0.15, 0.2) is 194 Å². The van der Waals surface area contributed by atoms with Gasteiger partial charge >= 0.3 is 0 Å². The van der Waals surface area contributed by atoms with Crippen molar-refractivity contribution >= 4 is 49.6 Å². The maximum Gasteiger partial charge on any atom is 0.0541 e. The van der Waals surface area contributed by atoms with E-state index in [1.165, 1.54) is 66.2 Å². The van der Waals surface area contributed by atoms with E-state index in [0.717, 1.165) is 11.4 Å². The van der Waals surface area contributed by atoms with Gasteiger partial charge in [0.2, 0.25) is 0 Å². The van der Waals surface area contributed by atoms with Gasteiger partial charge in [-0.1, -0.05) is 146 Å². The molecule has 226 valence electrons. The van der Waals surface area contributed by atoms with E-state index >= 15 is 0 Å². The molecule has 0 saturated heterocycles. The molecule has 0 N–H and O–H groups in total. The van der Waals surface area contributed by atoms with Crippen LogP contribution in [0.25, 0.3) is 60.5 Å². The molecule has 0 aliphatic carbocycles. The van der Waals surface area contributed by atoms with E-state index in [0.29, 0.717) is 0 Å². The van der Waals surface area contributed by atoms with Gasteiger partial charge in [0.05, 0.1) is 22.4 Å². The zero-order valence-corrected chi connectivity index (χ0v) is 26.4. The fourth-order valence-corrected chi connectivity index (χ4v) is 7.15. The van der Waals surface area contributed by atoms with Crippen molar-refractivity contribution in [1.29, 1.82) is 0 Å². The van der Waals surface area contributed by atoms with E-state index in [4.69, 9.17) is 0 Å². The lowest BCUT2D eigenvalue weighted by Gasteiger charge is -2.27. The van der Waals surface area contributed by atoms with Gasteiger partial charge in [-0.05, 0) is 70.6 Å². The van der Waals surface area contributed by atoms with Gasteiger partial charge in [-0.25, -0.2) is 0 Å². The first-order chi connectivity index (χ1) is 23.8. The van der Waals surface area contributed by atoms with Crippen LogP contribution in [0.5, 0.6) is 0 Å². The maximum atomic E-state index is 2.40. The van der Waals surface area contributed by atoms with Crippen molar-refractivity contribution in [3.63, 3.8) is 0 Å². The summed E-state index contributed by atoms with van der Waals surface area (Å²) < 4.78 is 2.40. The summed E-state index contributed by atoms with van der Waals surface area (Å²) in [6.45, 7) is 0. The summed E-state index contributed by atoms with van der Waals surface area (Å²) in [7, 11) is 0. The minimum absolute atomic E-state index is 1.12. The van der Waals surface area contributed by atoms with Gasteiger partial charge in [-0.2, -0.15) is 0 Å². The highest BCUT2D eigenvalue weighted by atomic mass is 15.1. The first kappa shape index (κ1) is 27.9. The van der Waals surface area contributed by atoms with Crippen molar-refractivity contribution in [2.24, 2.45) is 0 Å². The molecule has 0 radical (unpaired) electrons. The van der Waals surface area contributed by atoms with Gasteiger partial charge in [-0.3, -0.25) is 0 Å². The third-order valence-electron chi connectivity index (χ3n) is 9.40. The van der Waals surface area contributed by atoms with Crippen LogP contribution < -0.4 is 4.90 Å². The number of rotatable bonds is 6. The molecule has 1 aromatic heterocycles. The monoisotopic (exact) mass is 612 g/mol. The van der Waals surface area contributed by atoms with Gasteiger partial charge in [-0.15, -0.1) is 0 Å². The quantitative estimate of drug-likeness (QED) is 0.181. The van der Waals surface area contributed by atoms with Crippen molar-refractivity contribution in [3.8, 4) is 27.9 Å². The van der Waals surface area contributed by atoms with E-state index in [2.05, 4.69) is 204 Å². The van der Waals surface area contributed by atoms with E-state index in [9.17, 15) is 0 Å². The second-order valence-electron chi connectivity index (χ2n) is 12.2. The molecule has 0 atom stereocenters. The van der Waals surface area contributed by atoms with Crippen molar-refractivity contribution in [1.82, 2.24) is 4.57 Å². The number of fused-ring (bicyclic) bond motifs is 4. The highest BCUT2D eigenvalue weighted by molar-refractivity contribution is 6.09. The molecule has 8 aromatic carbocycles. The normalized spacial score (nSPS) is 11.3. The van der Waals surface area contributed by atoms with E-state index in [1.807, 2.05) is 0 Å². The molecule has 9 aromatic rings.